The Morgan fingerprint density at radius 3 is 2.95 bits per heavy atom. The van der Waals surface area contributed by atoms with Crippen molar-refractivity contribution in [3.63, 3.8) is 0 Å². The largest absolute Gasteiger partial charge is 0.492 e. The molecule has 5 heteroatoms. The van der Waals surface area contributed by atoms with Gasteiger partial charge in [-0.2, -0.15) is 0 Å². The second-order valence-electron chi connectivity index (χ2n) is 5.40. The lowest BCUT2D eigenvalue weighted by Crippen LogP contribution is -2.36. The van der Waals surface area contributed by atoms with Crippen LogP contribution in [0.2, 0.25) is 0 Å². The Morgan fingerprint density at radius 2 is 2.00 bits per heavy atom. The van der Waals surface area contributed by atoms with Gasteiger partial charge in [0.2, 0.25) is 5.91 Å². The van der Waals surface area contributed by atoms with E-state index in [2.05, 4.69) is 10.4 Å². The van der Waals surface area contributed by atoms with Crippen LogP contribution in [0.25, 0.3) is 11.0 Å². The maximum absolute atomic E-state index is 12.5. The van der Waals surface area contributed by atoms with Crippen LogP contribution >= 0.6 is 0 Å². The minimum Gasteiger partial charge on any atom is -0.492 e. The molecule has 0 radical (unpaired) electrons. The van der Waals surface area contributed by atoms with Gasteiger partial charge in [-0.3, -0.25) is 10.2 Å². The number of nitrogens with one attached hydrogen (secondary N) is 1. The van der Waals surface area contributed by atoms with Crippen molar-refractivity contribution in [2.24, 2.45) is 5.92 Å². The lowest BCUT2D eigenvalue weighted by atomic mass is 9.96. The number of ether oxygens (including phenoxy) is 1. The van der Waals surface area contributed by atoms with Crippen LogP contribution in [-0.2, 0) is 11.2 Å². The predicted octanol–water partition coefficient (Wildman–Crippen LogP) is 2.36. The molecule has 1 amide bonds. The minimum absolute atomic E-state index is 0.0577. The molecule has 3 aromatic rings. The maximum atomic E-state index is 12.5. The summed E-state index contributed by atoms with van der Waals surface area (Å²) in [7, 11) is 0. The molecule has 22 heavy (non-hydrogen) atoms. The molecule has 0 fully saturated rings. The quantitative estimate of drug-likeness (QED) is 0.789. The normalized spacial score (nSPS) is 16.8. The zero-order valence-corrected chi connectivity index (χ0v) is 11.9. The van der Waals surface area contributed by atoms with Crippen molar-refractivity contribution in [1.82, 2.24) is 9.66 Å². The summed E-state index contributed by atoms with van der Waals surface area (Å²) < 4.78 is 7.34. The Labute approximate surface area is 127 Å². The van der Waals surface area contributed by atoms with Crippen molar-refractivity contribution in [2.45, 2.75) is 6.42 Å². The molecule has 2 aromatic carbocycles. The predicted molar refractivity (Wildman–Crippen MR) is 83.2 cm³/mol. The van der Waals surface area contributed by atoms with E-state index < -0.39 is 0 Å². The zero-order valence-electron chi connectivity index (χ0n) is 11.9. The van der Waals surface area contributed by atoms with E-state index in [-0.39, 0.29) is 11.8 Å². The van der Waals surface area contributed by atoms with Crippen LogP contribution in [0.1, 0.15) is 5.56 Å². The van der Waals surface area contributed by atoms with Gasteiger partial charge in [-0.15, -0.1) is 0 Å². The van der Waals surface area contributed by atoms with Crippen LogP contribution in [-0.4, -0.2) is 22.2 Å². The Bertz CT molecular complexity index is 841. The summed E-state index contributed by atoms with van der Waals surface area (Å²) in [5.74, 6) is 0.619. The first kappa shape index (κ1) is 12.9. The number of para-hydroxylation sites is 3. The first-order valence-electron chi connectivity index (χ1n) is 7.25. The summed E-state index contributed by atoms with van der Waals surface area (Å²) >= 11 is 0. The molecule has 0 spiro atoms. The summed E-state index contributed by atoms with van der Waals surface area (Å²) in [5, 5.41) is 0. The van der Waals surface area contributed by atoms with Crippen LogP contribution in [0.15, 0.2) is 54.9 Å². The maximum Gasteiger partial charge on any atom is 0.245 e. The molecular weight excluding hydrogens is 278 g/mol. The smallest absolute Gasteiger partial charge is 0.245 e. The molecule has 1 aromatic heterocycles. The highest BCUT2D eigenvalue weighted by molar-refractivity contribution is 5.88. The topological polar surface area (TPSA) is 56.2 Å². The van der Waals surface area contributed by atoms with Crippen molar-refractivity contribution in [1.29, 1.82) is 0 Å². The first-order valence-corrected chi connectivity index (χ1v) is 7.25. The lowest BCUT2D eigenvalue weighted by Gasteiger charge is -2.24. The van der Waals surface area contributed by atoms with Gasteiger partial charge >= 0.3 is 0 Å². The van der Waals surface area contributed by atoms with Gasteiger partial charge in [0.1, 0.15) is 18.7 Å². The number of benzene rings is 2. The number of aromatic nitrogens is 2. The second kappa shape index (κ2) is 5.18. The standard InChI is InChI=1S/C17H15N3O2/c21-17(13-9-12-5-1-4-8-16(12)22-10-13)19-20-11-18-14-6-2-3-7-15(14)20/h1-8,11,13H,9-10H2,(H,19,21). The van der Waals surface area contributed by atoms with Gasteiger partial charge in [-0.25, -0.2) is 9.66 Å². The molecule has 0 saturated heterocycles. The van der Waals surface area contributed by atoms with E-state index in [1.54, 1.807) is 11.0 Å². The highest BCUT2D eigenvalue weighted by Crippen LogP contribution is 2.27. The molecule has 1 unspecified atom stereocenters. The molecule has 1 N–H and O–H groups in total. The average molecular weight is 293 g/mol. The van der Waals surface area contributed by atoms with Gasteiger partial charge in [0.25, 0.3) is 0 Å². The summed E-state index contributed by atoms with van der Waals surface area (Å²) in [6.45, 7) is 0.398. The fraction of sp³-hybridized carbons (Fsp3) is 0.176. The molecular formula is C17H15N3O2. The van der Waals surface area contributed by atoms with E-state index in [4.69, 9.17) is 4.74 Å². The molecule has 4 rings (SSSR count). The number of carbonyl (C=O) groups is 1. The molecule has 1 atom stereocenters. The Balaban J connectivity index is 1.54. The lowest BCUT2D eigenvalue weighted by molar-refractivity contribution is -0.122. The fourth-order valence-corrected chi connectivity index (χ4v) is 2.75. The number of rotatable bonds is 2. The summed E-state index contributed by atoms with van der Waals surface area (Å²) in [6.07, 6.45) is 2.31. The monoisotopic (exact) mass is 293 g/mol. The minimum atomic E-state index is -0.198. The SMILES string of the molecule is O=C(Nn1cnc2ccccc21)C1COc2ccccc2C1. The van der Waals surface area contributed by atoms with Gasteiger partial charge in [0, 0.05) is 0 Å². The van der Waals surface area contributed by atoms with E-state index in [9.17, 15) is 4.79 Å². The van der Waals surface area contributed by atoms with Gasteiger partial charge < -0.3 is 4.74 Å². The number of nitrogens with zero attached hydrogens (tertiary/aromatic N) is 2. The van der Waals surface area contributed by atoms with Crippen LogP contribution in [0, 0.1) is 5.92 Å². The second-order valence-corrected chi connectivity index (χ2v) is 5.40. The van der Waals surface area contributed by atoms with E-state index in [0.29, 0.717) is 13.0 Å². The van der Waals surface area contributed by atoms with E-state index >= 15 is 0 Å². The molecule has 0 bridgehead atoms. The Morgan fingerprint density at radius 1 is 1.18 bits per heavy atom. The number of imidazole rings is 1. The highest BCUT2D eigenvalue weighted by atomic mass is 16.5. The third kappa shape index (κ3) is 2.20. The third-order valence-electron chi connectivity index (χ3n) is 3.93. The Hall–Kier alpha value is -2.82. The number of hydrogen-bond donors (Lipinski definition) is 1. The van der Waals surface area contributed by atoms with E-state index in [1.165, 1.54) is 0 Å². The van der Waals surface area contributed by atoms with Gasteiger partial charge in [0.15, 0.2) is 0 Å². The zero-order chi connectivity index (χ0) is 14.9. The highest BCUT2D eigenvalue weighted by Gasteiger charge is 2.26. The molecule has 1 aliphatic rings. The van der Waals surface area contributed by atoms with Crippen LogP contribution in [0.3, 0.4) is 0 Å². The van der Waals surface area contributed by atoms with Gasteiger partial charge in [0.05, 0.1) is 17.0 Å². The molecule has 110 valence electrons. The average Bonchev–Trinajstić information content (AvgIpc) is 2.97. The number of hydrogen-bond acceptors (Lipinski definition) is 3. The van der Waals surface area contributed by atoms with Gasteiger partial charge in [-0.1, -0.05) is 30.3 Å². The number of amides is 1. The first-order chi connectivity index (χ1) is 10.8. The molecule has 2 heterocycles. The van der Waals surface area contributed by atoms with Gasteiger partial charge in [-0.05, 0) is 30.2 Å². The van der Waals surface area contributed by atoms with Crippen molar-refractivity contribution in [2.75, 3.05) is 12.0 Å². The van der Waals surface area contributed by atoms with Crippen LogP contribution in [0.4, 0.5) is 0 Å². The van der Waals surface area contributed by atoms with Crippen LogP contribution < -0.4 is 10.2 Å². The molecule has 0 saturated carbocycles. The van der Waals surface area contributed by atoms with Crippen molar-refractivity contribution in [3.05, 3.63) is 60.4 Å². The Kier molecular flexibility index (Phi) is 3.04. The molecule has 0 aliphatic carbocycles. The molecule has 1 aliphatic heterocycles. The number of fused-ring (bicyclic) bond motifs is 2. The van der Waals surface area contributed by atoms with Crippen molar-refractivity contribution in [3.8, 4) is 5.75 Å². The van der Waals surface area contributed by atoms with Crippen molar-refractivity contribution >= 4 is 16.9 Å². The fourth-order valence-electron chi connectivity index (χ4n) is 2.75. The van der Waals surface area contributed by atoms with E-state index in [0.717, 1.165) is 22.3 Å². The summed E-state index contributed by atoms with van der Waals surface area (Å²) in [6, 6.07) is 15.5. The van der Waals surface area contributed by atoms with E-state index in [1.807, 2.05) is 48.5 Å². The summed E-state index contributed by atoms with van der Waals surface area (Å²) in [4.78, 5) is 16.7. The molecule has 5 nitrogen and oxygen atoms in total. The van der Waals surface area contributed by atoms with Crippen LogP contribution in [0.5, 0.6) is 5.75 Å². The van der Waals surface area contributed by atoms with Crippen molar-refractivity contribution < 1.29 is 9.53 Å². The summed E-state index contributed by atoms with van der Waals surface area (Å²) in [5.41, 5.74) is 5.71. The third-order valence-corrected chi connectivity index (χ3v) is 3.93. The number of carbonyl (C=O) groups excluding carboxylic acids is 1.